The Morgan fingerprint density at radius 2 is 1.81 bits per heavy atom. The second kappa shape index (κ2) is 8.89. The molecule has 0 unspecified atom stereocenters. The molecule has 2 aromatic carbocycles. The number of hydrogen-bond donors (Lipinski definition) is 1. The van der Waals surface area contributed by atoms with E-state index in [0.717, 1.165) is 22.6 Å². The number of alkyl halides is 2. The number of amides is 1. The van der Waals surface area contributed by atoms with Crippen LogP contribution in [0.15, 0.2) is 59.8 Å². The summed E-state index contributed by atoms with van der Waals surface area (Å²) < 4.78 is 29.3. The van der Waals surface area contributed by atoms with Crippen LogP contribution in [0.4, 0.5) is 8.78 Å². The Balaban J connectivity index is 1.51. The number of carbonyl (C=O) groups excluding carboxylic acids is 1. The predicted octanol–water partition coefficient (Wildman–Crippen LogP) is 4.47. The molecule has 9 heteroatoms. The molecule has 0 radical (unpaired) electrons. The molecule has 4 rings (SSSR count). The normalized spacial score (nSPS) is 11.4. The molecule has 0 fully saturated rings. The summed E-state index contributed by atoms with van der Waals surface area (Å²) in [7, 11) is 0. The zero-order valence-electron chi connectivity index (χ0n) is 17.0. The Morgan fingerprint density at radius 1 is 1.10 bits per heavy atom. The monoisotopic (exact) mass is 441 g/mol. The van der Waals surface area contributed by atoms with E-state index in [0.29, 0.717) is 29.3 Å². The lowest BCUT2D eigenvalue weighted by Gasteiger charge is -2.10. The molecule has 0 spiro atoms. The van der Waals surface area contributed by atoms with E-state index >= 15 is 0 Å². The number of fused-ring (bicyclic) bond motifs is 1. The van der Waals surface area contributed by atoms with Gasteiger partial charge in [-0.3, -0.25) is 4.79 Å². The van der Waals surface area contributed by atoms with Crippen LogP contribution in [0, 0.1) is 13.8 Å². The van der Waals surface area contributed by atoms with Crippen molar-refractivity contribution in [1.29, 1.82) is 0 Å². The number of imidazole rings is 1. The van der Waals surface area contributed by atoms with Gasteiger partial charge in [0.1, 0.15) is 6.54 Å². The highest BCUT2D eigenvalue weighted by atomic mass is 32.2. The standard InChI is InChI=1S/C22H21F2N5OS/c1-14-17(15(2)29(27-14)16-8-4-3-5-9-16)12-25-20(30)13-28-19-11-7-6-10-18(19)26-22(28)31-21(23)24/h3-11,21H,12-13H2,1-2H3,(H,25,30). The van der Waals surface area contributed by atoms with Gasteiger partial charge in [0.2, 0.25) is 5.91 Å². The molecule has 1 N–H and O–H groups in total. The summed E-state index contributed by atoms with van der Waals surface area (Å²) in [6, 6.07) is 16.8. The molecule has 31 heavy (non-hydrogen) atoms. The number of para-hydroxylation sites is 3. The van der Waals surface area contributed by atoms with E-state index in [1.807, 2.05) is 48.9 Å². The Kier molecular flexibility index (Phi) is 6.03. The number of aromatic nitrogens is 4. The molecule has 1 amide bonds. The van der Waals surface area contributed by atoms with Crippen LogP contribution in [-0.4, -0.2) is 31.0 Å². The lowest BCUT2D eigenvalue weighted by Crippen LogP contribution is -2.27. The maximum atomic E-state index is 13.0. The molecule has 0 saturated carbocycles. The van der Waals surface area contributed by atoms with Crippen LogP contribution in [0.3, 0.4) is 0 Å². The minimum Gasteiger partial charge on any atom is -0.350 e. The molecule has 0 bridgehead atoms. The first-order valence-electron chi connectivity index (χ1n) is 9.71. The average Bonchev–Trinajstić information content (AvgIpc) is 3.23. The van der Waals surface area contributed by atoms with E-state index in [1.165, 1.54) is 4.57 Å². The molecular weight excluding hydrogens is 420 g/mol. The predicted molar refractivity (Wildman–Crippen MR) is 116 cm³/mol. The van der Waals surface area contributed by atoms with Gasteiger partial charge in [-0.15, -0.1) is 0 Å². The number of benzene rings is 2. The largest absolute Gasteiger partial charge is 0.350 e. The van der Waals surface area contributed by atoms with E-state index in [9.17, 15) is 13.6 Å². The number of carbonyl (C=O) groups is 1. The van der Waals surface area contributed by atoms with E-state index in [1.54, 1.807) is 24.3 Å². The van der Waals surface area contributed by atoms with Crippen LogP contribution in [0.5, 0.6) is 0 Å². The summed E-state index contributed by atoms with van der Waals surface area (Å²) >= 11 is 0.338. The van der Waals surface area contributed by atoms with E-state index in [-0.39, 0.29) is 17.6 Å². The number of nitrogens with zero attached hydrogens (tertiary/aromatic N) is 4. The minimum absolute atomic E-state index is 0.0967. The summed E-state index contributed by atoms with van der Waals surface area (Å²) in [5.74, 6) is -2.90. The second-order valence-corrected chi connectivity index (χ2v) is 7.98. The number of aryl methyl sites for hydroxylation is 1. The summed E-state index contributed by atoms with van der Waals surface area (Å²) in [4.78, 5) is 16.9. The fourth-order valence-corrected chi connectivity index (χ4v) is 4.11. The molecule has 4 aromatic rings. The topological polar surface area (TPSA) is 64.7 Å². The van der Waals surface area contributed by atoms with E-state index in [2.05, 4.69) is 15.4 Å². The van der Waals surface area contributed by atoms with Crippen LogP contribution in [0.1, 0.15) is 17.0 Å². The van der Waals surface area contributed by atoms with Gasteiger partial charge in [-0.2, -0.15) is 13.9 Å². The summed E-state index contributed by atoms with van der Waals surface area (Å²) in [6.45, 7) is 4.05. The first kappa shape index (κ1) is 21.0. The smallest absolute Gasteiger partial charge is 0.291 e. The summed E-state index contributed by atoms with van der Waals surface area (Å²) in [5, 5.41) is 7.60. The Bertz CT molecular complexity index is 1220. The van der Waals surface area contributed by atoms with Crippen molar-refractivity contribution < 1.29 is 13.6 Å². The second-order valence-electron chi connectivity index (χ2n) is 7.02. The lowest BCUT2D eigenvalue weighted by atomic mass is 10.2. The van der Waals surface area contributed by atoms with E-state index in [4.69, 9.17) is 0 Å². The fraction of sp³-hybridized carbons (Fsp3) is 0.227. The Morgan fingerprint density at radius 3 is 2.55 bits per heavy atom. The quantitative estimate of drug-likeness (QED) is 0.430. The summed E-state index contributed by atoms with van der Waals surface area (Å²) in [6.07, 6.45) is 0. The highest BCUT2D eigenvalue weighted by Gasteiger charge is 2.19. The number of nitrogens with one attached hydrogen (secondary N) is 1. The molecular formula is C22H21F2N5OS. The molecule has 0 saturated heterocycles. The first-order chi connectivity index (χ1) is 14.9. The van der Waals surface area contributed by atoms with E-state index < -0.39 is 5.76 Å². The van der Waals surface area contributed by atoms with Gasteiger partial charge in [0.05, 0.1) is 22.4 Å². The third-order valence-corrected chi connectivity index (χ3v) is 5.72. The Hall–Kier alpha value is -3.20. The van der Waals surface area contributed by atoms with Crippen molar-refractivity contribution in [3.8, 4) is 5.69 Å². The van der Waals surface area contributed by atoms with Gasteiger partial charge in [0, 0.05) is 17.8 Å². The van der Waals surface area contributed by atoms with Crippen molar-refractivity contribution in [3.63, 3.8) is 0 Å². The fourth-order valence-electron chi connectivity index (χ4n) is 3.51. The third kappa shape index (κ3) is 4.46. The van der Waals surface area contributed by atoms with Crippen LogP contribution in [-0.2, 0) is 17.9 Å². The molecule has 2 heterocycles. The van der Waals surface area contributed by atoms with Gasteiger partial charge in [0.25, 0.3) is 5.76 Å². The molecule has 0 aliphatic heterocycles. The zero-order valence-corrected chi connectivity index (χ0v) is 17.9. The van der Waals surface area contributed by atoms with Crippen LogP contribution < -0.4 is 5.32 Å². The van der Waals surface area contributed by atoms with Crippen molar-refractivity contribution >= 4 is 28.7 Å². The van der Waals surface area contributed by atoms with Crippen LogP contribution in [0.25, 0.3) is 16.7 Å². The maximum Gasteiger partial charge on any atom is 0.291 e. The van der Waals surface area contributed by atoms with Crippen molar-refractivity contribution in [1.82, 2.24) is 24.6 Å². The third-order valence-electron chi connectivity index (χ3n) is 5.02. The molecule has 6 nitrogen and oxygen atoms in total. The number of hydrogen-bond acceptors (Lipinski definition) is 4. The zero-order chi connectivity index (χ0) is 22.0. The molecule has 0 atom stereocenters. The van der Waals surface area contributed by atoms with Gasteiger partial charge in [-0.1, -0.05) is 30.3 Å². The molecule has 160 valence electrons. The Labute approximate surface area is 182 Å². The van der Waals surface area contributed by atoms with Crippen LogP contribution >= 0.6 is 11.8 Å². The van der Waals surface area contributed by atoms with Gasteiger partial charge >= 0.3 is 0 Å². The molecule has 0 aliphatic carbocycles. The highest BCUT2D eigenvalue weighted by Crippen LogP contribution is 2.28. The summed E-state index contributed by atoms with van der Waals surface area (Å²) in [5.41, 5.74) is 4.85. The van der Waals surface area contributed by atoms with Gasteiger partial charge < -0.3 is 9.88 Å². The van der Waals surface area contributed by atoms with Crippen molar-refractivity contribution in [3.05, 3.63) is 71.5 Å². The number of halogens is 2. The maximum absolute atomic E-state index is 13.0. The van der Waals surface area contributed by atoms with Crippen molar-refractivity contribution in [2.75, 3.05) is 0 Å². The minimum atomic E-state index is -2.62. The van der Waals surface area contributed by atoms with Crippen molar-refractivity contribution in [2.24, 2.45) is 0 Å². The van der Waals surface area contributed by atoms with Gasteiger partial charge in [-0.25, -0.2) is 9.67 Å². The lowest BCUT2D eigenvalue weighted by molar-refractivity contribution is -0.121. The SMILES string of the molecule is Cc1nn(-c2ccccc2)c(C)c1CNC(=O)Cn1c(SC(F)F)nc2ccccc21. The van der Waals surface area contributed by atoms with Crippen LogP contribution in [0.2, 0.25) is 0 Å². The average molecular weight is 442 g/mol. The first-order valence-corrected chi connectivity index (χ1v) is 10.6. The van der Waals surface area contributed by atoms with Gasteiger partial charge in [0.15, 0.2) is 5.16 Å². The number of rotatable bonds is 7. The van der Waals surface area contributed by atoms with Gasteiger partial charge in [-0.05, 0) is 49.9 Å². The number of thioether (sulfide) groups is 1. The molecule has 2 aromatic heterocycles. The van der Waals surface area contributed by atoms with Crippen molar-refractivity contribution in [2.45, 2.75) is 37.9 Å². The molecule has 0 aliphatic rings. The highest BCUT2D eigenvalue weighted by molar-refractivity contribution is 7.99.